The topological polar surface area (TPSA) is 134 Å². The third-order valence-corrected chi connectivity index (χ3v) is 3.33. The molecule has 0 aliphatic carbocycles. The summed E-state index contributed by atoms with van der Waals surface area (Å²) >= 11 is 1.49. The van der Waals surface area contributed by atoms with Crippen LogP contribution >= 0.6 is 11.3 Å². The van der Waals surface area contributed by atoms with Gasteiger partial charge in [0.2, 0.25) is 5.91 Å². The average Bonchev–Trinajstić information content (AvgIpc) is 2.73. The first-order valence-electron chi connectivity index (χ1n) is 5.85. The second kappa shape index (κ2) is 7.43. The van der Waals surface area contributed by atoms with Crippen molar-refractivity contribution in [2.24, 2.45) is 5.73 Å². The van der Waals surface area contributed by atoms with Crippen molar-refractivity contribution in [3.63, 3.8) is 0 Å². The van der Waals surface area contributed by atoms with Crippen LogP contribution in [0.1, 0.15) is 17.1 Å². The van der Waals surface area contributed by atoms with Gasteiger partial charge in [0.15, 0.2) is 0 Å². The van der Waals surface area contributed by atoms with Crippen LogP contribution in [0.2, 0.25) is 0 Å². The van der Waals surface area contributed by atoms with Crippen molar-refractivity contribution in [3.05, 3.63) is 16.1 Å². The molecule has 0 radical (unpaired) electrons. The van der Waals surface area contributed by atoms with Crippen molar-refractivity contribution in [1.82, 2.24) is 15.6 Å². The number of primary amides is 1. The van der Waals surface area contributed by atoms with Crippen molar-refractivity contribution in [1.29, 1.82) is 0 Å². The number of nitrogens with one attached hydrogen (secondary N) is 2. The molecule has 0 fully saturated rings. The van der Waals surface area contributed by atoms with E-state index in [1.165, 1.54) is 11.3 Å². The van der Waals surface area contributed by atoms with Crippen molar-refractivity contribution < 1.29 is 19.5 Å². The van der Waals surface area contributed by atoms with Gasteiger partial charge in [-0.3, -0.25) is 4.79 Å². The molecule has 0 saturated heterocycles. The molecule has 110 valence electrons. The second-order valence-electron chi connectivity index (χ2n) is 4.09. The van der Waals surface area contributed by atoms with Crippen LogP contribution in [-0.2, 0) is 16.0 Å². The molecule has 0 aliphatic rings. The van der Waals surface area contributed by atoms with Gasteiger partial charge in [0, 0.05) is 24.0 Å². The lowest BCUT2D eigenvalue weighted by molar-refractivity contribution is -0.140. The summed E-state index contributed by atoms with van der Waals surface area (Å²) in [5.41, 5.74) is 5.82. The third kappa shape index (κ3) is 5.65. The number of aliphatic carboxylic acids is 1. The Kier molecular flexibility index (Phi) is 5.91. The van der Waals surface area contributed by atoms with E-state index < -0.39 is 30.4 Å². The van der Waals surface area contributed by atoms with Crippen LogP contribution in [0.3, 0.4) is 0 Å². The van der Waals surface area contributed by atoms with Crippen molar-refractivity contribution in [3.8, 4) is 0 Å². The van der Waals surface area contributed by atoms with Crippen LogP contribution in [0, 0.1) is 6.92 Å². The highest BCUT2D eigenvalue weighted by Gasteiger charge is 2.21. The van der Waals surface area contributed by atoms with Gasteiger partial charge in [-0.15, -0.1) is 11.3 Å². The number of carbonyl (C=O) groups is 3. The van der Waals surface area contributed by atoms with Crippen LogP contribution in [0.25, 0.3) is 0 Å². The molecule has 9 heteroatoms. The van der Waals surface area contributed by atoms with Gasteiger partial charge < -0.3 is 21.5 Å². The number of hydrogen-bond acceptors (Lipinski definition) is 5. The molecule has 0 aliphatic heterocycles. The molecule has 1 aromatic heterocycles. The van der Waals surface area contributed by atoms with Gasteiger partial charge in [-0.2, -0.15) is 0 Å². The van der Waals surface area contributed by atoms with E-state index in [0.717, 1.165) is 10.7 Å². The van der Waals surface area contributed by atoms with E-state index in [2.05, 4.69) is 15.6 Å². The summed E-state index contributed by atoms with van der Waals surface area (Å²) in [7, 11) is 0. The number of nitrogens with two attached hydrogens (primary N) is 1. The lowest BCUT2D eigenvalue weighted by atomic mass is 10.2. The zero-order valence-corrected chi connectivity index (χ0v) is 11.7. The zero-order chi connectivity index (χ0) is 15.1. The van der Waals surface area contributed by atoms with Crippen LogP contribution in [0.5, 0.6) is 0 Å². The Hall–Kier alpha value is -2.16. The summed E-state index contributed by atoms with van der Waals surface area (Å²) < 4.78 is 0. The highest BCUT2D eigenvalue weighted by molar-refractivity contribution is 7.09. The summed E-state index contributed by atoms with van der Waals surface area (Å²) in [5, 5.41) is 16.3. The predicted octanol–water partition coefficient (Wildman–Crippen LogP) is -0.378. The van der Waals surface area contributed by atoms with Crippen LogP contribution in [0.4, 0.5) is 4.79 Å². The molecular formula is C11H16N4O4S. The first-order chi connectivity index (χ1) is 9.38. The van der Waals surface area contributed by atoms with Crippen molar-refractivity contribution in [2.75, 3.05) is 6.54 Å². The van der Waals surface area contributed by atoms with Crippen molar-refractivity contribution >= 4 is 29.2 Å². The molecule has 3 amide bonds. The molecule has 1 aromatic rings. The number of urea groups is 1. The lowest BCUT2D eigenvalue weighted by Gasteiger charge is -2.13. The number of carboxylic acids is 1. The fourth-order valence-electron chi connectivity index (χ4n) is 1.41. The lowest BCUT2D eigenvalue weighted by Crippen LogP contribution is -2.48. The number of thiazole rings is 1. The number of aromatic nitrogens is 1. The number of nitrogens with zero attached hydrogens (tertiary/aromatic N) is 1. The Balaban J connectivity index is 2.34. The van der Waals surface area contributed by atoms with E-state index in [1.807, 2.05) is 12.3 Å². The Morgan fingerprint density at radius 1 is 1.50 bits per heavy atom. The van der Waals surface area contributed by atoms with Gasteiger partial charge in [-0.1, -0.05) is 0 Å². The van der Waals surface area contributed by atoms with E-state index >= 15 is 0 Å². The first-order valence-corrected chi connectivity index (χ1v) is 6.73. The maximum absolute atomic E-state index is 11.5. The Morgan fingerprint density at radius 3 is 2.70 bits per heavy atom. The second-order valence-corrected chi connectivity index (χ2v) is 5.04. The molecule has 8 nitrogen and oxygen atoms in total. The maximum Gasteiger partial charge on any atom is 0.326 e. The number of rotatable bonds is 7. The fourth-order valence-corrected chi connectivity index (χ4v) is 2.19. The van der Waals surface area contributed by atoms with Crippen LogP contribution < -0.4 is 16.4 Å². The molecule has 1 unspecified atom stereocenters. The molecule has 1 atom stereocenters. The fraction of sp³-hybridized carbons (Fsp3) is 0.455. The normalized spacial score (nSPS) is 11.7. The minimum atomic E-state index is -1.32. The molecule has 5 N–H and O–H groups in total. The summed E-state index contributed by atoms with van der Waals surface area (Å²) in [6.45, 7) is 2.20. The summed E-state index contributed by atoms with van der Waals surface area (Å²) in [6, 6.07) is -1.98. The minimum Gasteiger partial charge on any atom is -0.480 e. The summed E-state index contributed by atoms with van der Waals surface area (Å²) in [6.07, 6.45) is 0.105. The largest absolute Gasteiger partial charge is 0.480 e. The van der Waals surface area contributed by atoms with Gasteiger partial charge >= 0.3 is 12.0 Å². The SMILES string of the molecule is Cc1csc(CCNC(=O)NC(CC(N)=O)C(=O)O)n1. The van der Waals surface area contributed by atoms with Gasteiger partial charge in [0.05, 0.1) is 11.4 Å². The molecule has 0 bridgehead atoms. The molecule has 1 heterocycles. The summed E-state index contributed by atoms with van der Waals surface area (Å²) in [4.78, 5) is 37.2. The molecule has 0 aromatic carbocycles. The van der Waals surface area contributed by atoms with Crippen LogP contribution in [0.15, 0.2) is 5.38 Å². The average molecular weight is 300 g/mol. The van der Waals surface area contributed by atoms with Gasteiger partial charge in [0.25, 0.3) is 0 Å². The monoisotopic (exact) mass is 300 g/mol. The number of hydrogen-bond donors (Lipinski definition) is 4. The highest BCUT2D eigenvalue weighted by atomic mass is 32.1. The highest BCUT2D eigenvalue weighted by Crippen LogP contribution is 2.08. The van der Waals surface area contributed by atoms with E-state index in [0.29, 0.717) is 13.0 Å². The molecular weight excluding hydrogens is 284 g/mol. The number of amides is 3. The van der Waals surface area contributed by atoms with Gasteiger partial charge in [-0.05, 0) is 6.92 Å². The maximum atomic E-state index is 11.5. The molecule has 20 heavy (non-hydrogen) atoms. The predicted molar refractivity (Wildman–Crippen MR) is 72.3 cm³/mol. The van der Waals surface area contributed by atoms with E-state index in [1.54, 1.807) is 0 Å². The first kappa shape index (κ1) is 15.9. The smallest absolute Gasteiger partial charge is 0.326 e. The van der Waals surface area contributed by atoms with Gasteiger partial charge in [-0.25, -0.2) is 14.6 Å². The van der Waals surface area contributed by atoms with Crippen LogP contribution in [-0.4, -0.2) is 40.6 Å². The zero-order valence-electron chi connectivity index (χ0n) is 10.9. The molecule has 1 rings (SSSR count). The molecule has 0 spiro atoms. The van der Waals surface area contributed by atoms with E-state index in [9.17, 15) is 14.4 Å². The minimum absolute atomic E-state index is 0.321. The van der Waals surface area contributed by atoms with E-state index in [4.69, 9.17) is 10.8 Å². The Labute approximate surface area is 119 Å². The third-order valence-electron chi connectivity index (χ3n) is 2.30. The van der Waals surface area contributed by atoms with E-state index in [-0.39, 0.29) is 0 Å². The molecule has 0 saturated carbocycles. The number of carbonyl (C=O) groups excluding carboxylic acids is 2. The quantitative estimate of drug-likeness (QED) is 0.544. The Bertz CT molecular complexity index is 502. The summed E-state index contributed by atoms with van der Waals surface area (Å²) in [5.74, 6) is -2.11. The van der Waals surface area contributed by atoms with Gasteiger partial charge in [0.1, 0.15) is 6.04 Å². The Morgan fingerprint density at radius 2 is 2.20 bits per heavy atom. The van der Waals surface area contributed by atoms with Crippen molar-refractivity contribution in [2.45, 2.75) is 25.8 Å². The standard InChI is InChI=1S/C11H16N4O4S/c1-6-5-20-9(14-6)2-3-13-11(19)15-7(10(17)18)4-8(12)16/h5,7H,2-4H2,1H3,(H2,12,16)(H,17,18)(H2,13,15,19). The number of carboxylic acid groups (broad SMARTS) is 1. The number of aryl methyl sites for hydroxylation is 1.